The molecule has 3 rings (SSSR count). The number of nitrogens with zero attached hydrogens (tertiary/aromatic N) is 1. The topological polar surface area (TPSA) is 51.2 Å². The SMILES string of the molecule is O=C(Nc1cnccc1Oc1ccccc1)C1CC1. The number of ether oxygens (including phenoxy) is 1. The summed E-state index contributed by atoms with van der Waals surface area (Å²) in [5.74, 6) is 1.54. The Morgan fingerprint density at radius 3 is 2.74 bits per heavy atom. The Kier molecular flexibility index (Phi) is 3.14. The molecule has 1 fully saturated rings. The lowest BCUT2D eigenvalue weighted by atomic mass is 10.3. The Morgan fingerprint density at radius 1 is 1.21 bits per heavy atom. The average molecular weight is 254 g/mol. The van der Waals surface area contributed by atoms with Crippen molar-refractivity contribution >= 4 is 11.6 Å². The first-order valence-corrected chi connectivity index (χ1v) is 6.31. The van der Waals surface area contributed by atoms with Crippen molar-refractivity contribution in [3.63, 3.8) is 0 Å². The first kappa shape index (κ1) is 11.7. The number of aromatic nitrogens is 1. The van der Waals surface area contributed by atoms with E-state index in [-0.39, 0.29) is 11.8 Å². The van der Waals surface area contributed by atoms with Gasteiger partial charge in [-0.15, -0.1) is 0 Å². The lowest BCUT2D eigenvalue weighted by molar-refractivity contribution is -0.117. The fraction of sp³-hybridized carbons (Fsp3) is 0.200. The van der Waals surface area contributed by atoms with Crippen LogP contribution in [0.2, 0.25) is 0 Å². The van der Waals surface area contributed by atoms with E-state index in [0.29, 0.717) is 11.4 Å². The van der Waals surface area contributed by atoms with Gasteiger partial charge < -0.3 is 10.1 Å². The van der Waals surface area contributed by atoms with E-state index in [1.54, 1.807) is 18.5 Å². The summed E-state index contributed by atoms with van der Waals surface area (Å²) >= 11 is 0. The molecule has 0 unspecified atom stereocenters. The molecule has 1 amide bonds. The van der Waals surface area contributed by atoms with Gasteiger partial charge in [-0.3, -0.25) is 9.78 Å². The number of benzene rings is 1. The summed E-state index contributed by atoms with van der Waals surface area (Å²) in [6.45, 7) is 0. The zero-order chi connectivity index (χ0) is 13.1. The summed E-state index contributed by atoms with van der Waals surface area (Å²) in [5, 5.41) is 2.87. The van der Waals surface area contributed by atoms with Crippen LogP contribution in [0.1, 0.15) is 12.8 Å². The van der Waals surface area contributed by atoms with Gasteiger partial charge in [0.2, 0.25) is 5.91 Å². The minimum absolute atomic E-state index is 0.0471. The van der Waals surface area contributed by atoms with Gasteiger partial charge in [-0.2, -0.15) is 0 Å². The molecule has 0 radical (unpaired) electrons. The van der Waals surface area contributed by atoms with E-state index in [1.165, 1.54) is 0 Å². The third-order valence-corrected chi connectivity index (χ3v) is 2.96. The number of rotatable bonds is 4. The van der Waals surface area contributed by atoms with E-state index in [9.17, 15) is 4.79 Å². The molecule has 19 heavy (non-hydrogen) atoms. The van der Waals surface area contributed by atoms with Crippen molar-refractivity contribution in [2.24, 2.45) is 5.92 Å². The minimum atomic E-state index is 0.0471. The molecule has 1 N–H and O–H groups in total. The summed E-state index contributed by atoms with van der Waals surface area (Å²) in [5.41, 5.74) is 0.614. The second-order valence-electron chi connectivity index (χ2n) is 4.55. The predicted molar refractivity (Wildman–Crippen MR) is 72.1 cm³/mol. The quantitative estimate of drug-likeness (QED) is 0.911. The Hall–Kier alpha value is -2.36. The highest BCUT2D eigenvalue weighted by Gasteiger charge is 2.30. The van der Waals surface area contributed by atoms with Crippen LogP contribution < -0.4 is 10.1 Å². The zero-order valence-corrected chi connectivity index (χ0v) is 10.4. The number of nitrogens with one attached hydrogen (secondary N) is 1. The van der Waals surface area contributed by atoms with Crippen LogP contribution in [0.5, 0.6) is 11.5 Å². The summed E-state index contributed by atoms with van der Waals surface area (Å²) in [6.07, 6.45) is 5.20. The van der Waals surface area contributed by atoms with Crippen molar-refractivity contribution in [3.05, 3.63) is 48.8 Å². The number of carbonyl (C=O) groups is 1. The second-order valence-corrected chi connectivity index (χ2v) is 4.55. The molecule has 96 valence electrons. The Morgan fingerprint density at radius 2 is 2.00 bits per heavy atom. The van der Waals surface area contributed by atoms with E-state index >= 15 is 0 Å². The molecule has 1 saturated carbocycles. The van der Waals surface area contributed by atoms with Crippen LogP contribution in [0.3, 0.4) is 0 Å². The van der Waals surface area contributed by atoms with Gasteiger partial charge in [-0.1, -0.05) is 18.2 Å². The predicted octanol–water partition coefficient (Wildman–Crippen LogP) is 3.22. The highest BCUT2D eigenvalue weighted by molar-refractivity contribution is 5.95. The van der Waals surface area contributed by atoms with Crippen LogP contribution in [0, 0.1) is 5.92 Å². The molecule has 0 spiro atoms. The molecule has 1 aliphatic carbocycles. The molecule has 2 aromatic rings. The van der Waals surface area contributed by atoms with E-state index in [4.69, 9.17) is 4.74 Å². The number of anilines is 1. The van der Waals surface area contributed by atoms with Crippen molar-refractivity contribution in [3.8, 4) is 11.5 Å². The Labute approximate surface area is 111 Å². The van der Waals surface area contributed by atoms with Crippen molar-refractivity contribution in [2.45, 2.75) is 12.8 Å². The van der Waals surface area contributed by atoms with Gasteiger partial charge >= 0.3 is 0 Å². The van der Waals surface area contributed by atoms with E-state index in [1.807, 2.05) is 30.3 Å². The van der Waals surface area contributed by atoms with Gasteiger partial charge in [0.25, 0.3) is 0 Å². The minimum Gasteiger partial charge on any atom is -0.455 e. The smallest absolute Gasteiger partial charge is 0.227 e. The maximum atomic E-state index is 11.8. The number of pyridine rings is 1. The number of para-hydroxylation sites is 1. The van der Waals surface area contributed by atoms with Gasteiger partial charge in [0.05, 0.1) is 6.20 Å². The first-order valence-electron chi connectivity index (χ1n) is 6.31. The molecule has 1 aromatic carbocycles. The Balaban J connectivity index is 1.78. The first-order chi connectivity index (χ1) is 9.33. The molecule has 1 aliphatic rings. The zero-order valence-electron chi connectivity index (χ0n) is 10.4. The molecular formula is C15H14N2O2. The molecule has 0 aliphatic heterocycles. The lowest BCUT2D eigenvalue weighted by Crippen LogP contribution is -2.14. The summed E-state index contributed by atoms with van der Waals surface area (Å²) < 4.78 is 5.76. The number of hydrogen-bond acceptors (Lipinski definition) is 3. The van der Waals surface area contributed by atoms with Crippen LogP contribution in [0.4, 0.5) is 5.69 Å². The van der Waals surface area contributed by atoms with Crippen molar-refractivity contribution < 1.29 is 9.53 Å². The highest BCUT2D eigenvalue weighted by Crippen LogP contribution is 2.33. The average Bonchev–Trinajstić information content (AvgIpc) is 3.26. The maximum Gasteiger partial charge on any atom is 0.227 e. The molecule has 0 saturated heterocycles. The van der Waals surface area contributed by atoms with E-state index in [2.05, 4.69) is 10.3 Å². The normalized spacial score (nSPS) is 13.9. The van der Waals surface area contributed by atoms with Crippen LogP contribution in [-0.2, 0) is 4.79 Å². The highest BCUT2D eigenvalue weighted by atomic mass is 16.5. The van der Waals surface area contributed by atoms with Crippen LogP contribution in [0.15, 0.2) is 48.8 Å². The molecule has 1 aromatic heterocycles. The fourth-order valence-electron chi connectivity index (χ4n) is 1.76. The molecular weight excluding hydrogens is 240 g/mol. The summed E-state index contributed by atoms with van der Waals surface area (Å²) in [6, 6.07) is 11.2. The van der Waals surface area contributed by atoms with Crippen LogP contribution in [0.25, 0.3) is 0 Å². The molecule has 1 heterocycles. The third kappa shape index (κ3) is 2.91. The number of amides is 1. The molecule has 4 heteroatoms. The van der Waals surface area contributed by atoms with E-state index in [0.717, 1.165) is 18.6 Å². The van der Waals surface area contributed by atoms with E-state index < -0.39 is 0 Å². The van der Waals surface area contributed by atoms with Crippen molar-refractivity contribution in [1.29, 1.82) is 0 Å². The van der Waals surface area contributed by atoms with Gasteiger partial charge in [0.15, 0.2) is 5.75 Å². The lowest BCUT2D eigenvalue weighted by Gasteiger charge is -2.11. The van der Waals surface area contributed by atoms with Gasteiger partial charge in [0, 0.05) is 18.2 Å². The van der Waals surface area contributed by atoms with Gasteiger partial charge in [-0.05, 0) is 25.0 Å². The van der Waals surface area contributed by atoms with Crippen molar-refractivity contribution in [2.75, 3.05) is 5.32 Å². The summed E-state index contributed by atoms with van der Waals surface area (Å²) in [7, 11) is 0. The Bertz CT molecular complexity index is 580. The maximum absolute atomic E-state index is 11.8. The largest absolute Gasteiger partial charge is 0.455 e. The standard InChI is InChI=1S/C15H14N2O2/c18-15(11-6-7-11)17-13-10-16-9-8-14(13)19-12-4-2-1-3-5-12/h1-5,8-11H,6-7H2,(H,17,18). The molecule has 0 bridgehead atoms. The van der Waals surface area contributed by atoms with Gasteiger partial charge in [-0.25, -0.2) is 0 Å². The van der Waals surface area contributed by atoms with Crippen LogP contribution in [-0.4, -0.2) is 10.9 Å². The van der Waals surface area contributed by atoms with Crippen LogP contribution >= 0.6 is 0 Å². The number of hydrogen-bond donors (Lipinski definition) is 1. The van der Waals surface area contributed by atoms with Crippen molar-refractivity contribution in [1.82, 2.24) is 4.98 Å². The fourth-order valence-corrected chi connectivity index (χ4v) is 1.76. The summed E-state index contributed by atoms with van der Waals surface area (Å²) in [4.78, 5) is 15.8. The monoisotopic (exact) mass is 254 g/mol. The molecule has 4 nitrogen and oxygen atoms in total. The third-order valence-electron chi connectivity index (χ3n) is 2.96. The number of carbonyl (C=O) groups excluding carboxylic acids is 1. The second kappa shape index (κ2) is 5.10. The van der Waals surface area contributed by atoms with Gasteiger partial charge in [0.1, 0.15) is 11.4 Å². The molecule has 0 atom stereocenters.